The molecule has 1 aliphatic carbocycles. The van der Waals surface area contributed by atoms with E-state index in [-0.39, 0.29) is 43.1 Å². The van der Waals surface area contributed by atoms with Crippen LogP contribution in [-0.4, -0.2) is 25.6 Å². The number of halogens is 9. The van der Waals surface area contributed by atoms with Crippen LogP contribution in [-0.2, 0) is 15.6 Å². The van der Waals surface area contributed by atoms with Gasteiger partial charge in [0.15, 0.2) is 24.1 Å². The van der Waals surface area contributed by atoms with Gasteiger partial charge in [-0.2, -0.15) is 26.3 Å². The summed E-state index contributed by atoms with van der Waals surface area (Å²) in [5.74, 6) is -9.19. The second-order valence-electron chi connectivity index (χ2n) is 10.1. The Balaban J connectivity index is 1.39. The lowest BCUT2D eigenvalue weighted by molar-refractivity contribution is -0.247. The molecule has 0 amide bonds. The monoisotopic (exact) mass is 614 g/mol. The third-order valence-corrected chi connectivity index (χ3v) is 7.19. The van der Waals surface area contributed by atoms with E-state index in [1.165, 1.54) is 0 Å². The molecule has 0 atom stereocenters. The number of ether oxygens (including phenoxy) is 5. The highest BCUT2D eigenvalue weighted by Gasteiger charge is 2.47. The zero-order chi connectivity index (χ0) is 30.7. The van der Waals surface area contributed by atoms with E-state index in [4.69, 9.17) is 9.47 Å². The molecule has 2 aliphatic rings. The highest BCUT2D eigenvalue weighted by molar-refractivity contribution is 5.36. The lowest BCUT2D eigenvalue weighted by atomic mass is 9.80. The number of rotatable bonds is 10. The predicted octanol–water partition coefficient (Wildman–Crippen LogP) is 8.53. The van der Waals surface area contributed by atoms with Gasteiger partial charge < -0.3 is 23.7 Å². The normalized spacial score (nSPS) is 23.3. The number of hydrogen-bond donors (Lipinski definition) is 0. The minimum atomic E-state index is -4.74. The van der Waals surface area contributed by atoms with Crippen LogP contribution in [0.25, 0.3) is 0 Å². The molecule has 5 nitrogen and oxygen atoms in total. The Morgan fingerprint density at radius 3 is 2.00 bits per heavy atom. The molecule has 0 unspecified atom stereocenters. The maximum absolute atomic E-state index is 14.9. The van der Waals surface area contributed by atoms with Crippen molar-refractivity contribution >= 4 is 0 Å². The first-order valence-electron chi connectivity index (χ1n) is 13.1. The fraction of sp³-hybridized carbons (Fsp3) is 0.500. The van der Waals surface area contributed by atoms with Gasteiger partial charge in [-0.3, -0.25) is 0 Å². The van der Waals surface area contributed by atoms with Gasteiger partial charge in [0.1, 0.15) is 28.7 Å². The van der Waals surface area contributed by atoms with E-state index in [2.05, 4.69) is 14.2 Å². The summed E-state index contributed by atoms with van der Waals surface area (Å²) in [7, 11) is 0. The molecule has 2 aromatic rings. The van der Waals surface area contributed by atoms with E-state index < -0.39 is 70.8 Å². The second-order valence-corrected chi connectivity index (χ2v) is 10.1. The van der Waals surface area contributed by atoms with Gasteiger partial charge in [0.05, 0.1) is 19.1 Å². The molecule has 1 heterocycles. The first-order chi connectivity index (χ1) is 19.8. The lowest BCUT2D eigenvalue weighted by Gasteiger charge is -2.38. The first kappa shape index (κ1) is 31.8. The Labute approximate surface area is 235 Å². The molecule has 0 aromatic heterocycles. The van der Waals surface area contributed by atoms with Crippen LogP contribution in [0, 0.1) is 35.2 Å². The summed E-state index contributed by atoms with van der Waals surface area (Å²) in [5, 5.41) is 0. The van der Waals surface area contributed by atoms with Gasteiger partial charge in [-0.15, -0.1) is 0 Å². The van der Waals surface area contributed by atoms with Gasteiger partial charge >= 0.3 is 18.3 Å². The topological polar surface area (TPSA) is 46.2 Å². The van der Waals surface area contributed by atoms with E-state index in [1.807, 2.05) is 6.92 Å². The first-order valence-corrected chi connectivity index (χ1v) is 13.1. The zero-order valence-electron chi connectivity index (χ0n) is 22.2. The van der Waals surface area contributed by atoms with Crippen molar-refractivity contribution in [2.45, 2.75) is 57.5 Å². The molecule has 0 N–H and O–H groups in total. The summed E-state index contributed by atoms with van der Waals surface area (Å²) in [5.41, 5.74) is -1.94. The maximum Gasteiger partial charge on any atom is 0.432 e. The Morgan fingerprint density at radius 2 is 1.45 bits per heavy atom. The van der Waals surface area contributed by atoms with Gasteiger partial charge in [-0.05, 0) is 44.2 Å². The number of alkyl halides is 4. The van der Waals surface area contributed by atoms with Crippen LogP contribution < -0.4 is 14.2 Å². The van der Waals surface area contributed by atoms with Gasteiger partial charge in [0.25, 0.3) is 0 Å². The molecule has 2 aromatic carbocycles. The molecule has 0 bridgehead atoms. The van der Waals surface area contributed by atoms with Crippen molar-refractivity contribution in [2.75, 3.05) is 13.2 Å². The van der Waals surface area contributed by atoms with Crippen molar-refractivity contribution in [1.29, 1.82) is 0 Å². The minimum Gasteiger partial charge on any atom is -0.456 e. The summed E-state index contributed by atoms with van der Waals surface area (Å²) in [6.45, 7) is 3.06. The zero-order valence-corrected chi connectivity index (χ0v) is 22.2. The molecule has 0 radical (unpaired) electrons. The van der Waals surface area contributed by atoms with E-state index >= 15 is 0 Å². The Kier molecular flexibility index (Phi) is 9.86. The summed E-state index contributed by atoms with van der Waals surface area (Å²) < 4.78 is 151. The Hall–Kier alpha value is -3.13. The van der Waals surface area contributed by atoms with Crippen LogP contribution in [0.1, 0.15) is 44.6 Å². The summed E-state index contributed by atoms with van der Waals surface area (Å²) in [4.78, 5) is 0. The number of benzene rings is 2. The van der Waals surface area contributed by atoms with E-state index in [9.17, 15) is 39.5 Å². The van der Waals surface area contributed by atoms with Crippen LogP contribution in [0.3, 0.4) is 0 Å². The van der Waals surface area contributed by atoms with Crippen LogP contribution >= 0.6 is 0 Å². The fourth-order valence-corrected chi connectivity index (χ4v) is 4.87. The Morgan fingerprint density at radius 1 is 0.857 bits per heavy atom. The molecule has 1 saturated heterocycles. The summed E-state index contributed by atoms with van der Waals surface area (Å²) in [6, 6.07) is 1.98. The van der Waals surface area contributed by atoms with Crippen molar-refractivity contribution in [3.63, 3.8) is 0 Å². The molecule has 0 spiro atoms. The molecule has 1 aliphatic heterocycles. The smallest absolute Gasteiger partial charge is 0.432 e. The summed E-state index contributed by atoms with van der Waals surface area (Å²) in [6.07, 6.45) is -9.91. The SMILES string of the molecule is CCC1COC(C2CCC(C(F)(F)Oc3cc(F)c(C(F)(F)Oc4ccc(OC=C(F)F)c(F)c4)c(F)c3)CC2)OC1. The van der Waals surface area contributed by atoms with Crippen LogP contribution in [0.2, 0.25) is 0 Å². The molecule has 2 fully saturated rings. The quantitative estimate of drug-likeness (QED) is 0.198. The standard InChI is InChI=1S/C28H27F9O5/c1-2-15-12-39-26(40-13-15)16-3-5-17(6-4-16)27(34,35)42-19-10-21(30)25(22(31)11-19)28(36,37)41-18-7-8-23(20(29)9-18)38-14-24(32)33/h7-11,14-17,26H,2-6,12-13H2,1H3. The van der Waals surface area contributed by atoms with Crippen molar-refractivity contribution < 1.29 is 63.2 Å². The molecule has 4 rings (SSSR count). The van der Waals surface area contributed by atoms with Gasteiger partial charge in [-0.1, -0.05) is 6.92 Å². The fourth-order valence-electron chi connectivity index (χ4n) is 4.87. The predicted molar refractivity (Wildman–Crippen MR) is 129 cm³/mol. The van der Waals surface area contributed by atoms with Crippen LogP contribution in [0.5, 0.6) is 17.2 Å². The highest BCUT2D eigenvalue weighted by atomic mass is 19.3. The second kappa shape index (κ2) is 13.0. The van der Waals surface area contributed by atoms with Crippen molar-refractivity contribution in [3.05, 3.63) is 65.7 Å². The van der Waals surface area contributed by atoms with Crippen molar-refractivity contribution in [2.24, 2.45) is 17.8 Å². The number of hydrogen-bond acceptors (Lipinski definition) is 5. The largest absolute Gasteiger partial charge is 0.456 e. The van der Waals surface area contributed by atoms with E-state index in [0.717, 1.165) is 6.42 Å². The van der Waals surface area contributed by atoms with E-state index in [0.29, 0.717) is 44.3 Å². The lowest BCUT2D eigenvalue weighted by Crippen LogP contribution is -2.42. The molecule has 1 saturated carbocycles. The van der Waals surface area contributed by atoms with E-state index in [1.54, 1.807) is 0 Å². The van der Waals surface area contributed by atoms with Crippen molar-refractivity contribution in [1.82, 2.24) is 0 Å². The van der Waals surface area contributed by atoms with Crippen LogP contribution in [0.4, 0.5) is 39.5 Å². The molecule has 232 valence electrons. The molecule has 14 heteroatoms. The molecular formula is C28H27F9O5. The Bertz CT molecular complexity index is 1230. The summed E-state index contributed by atoms with van der Waals surface area (Å²) >= 11 is 0. The van der Waals surface area contributed by atoms with Gasteiger partial charge in [0.2, 0.25) is 0 Å². The van der Waals surface area contributed by atoms with Gasteiger partial charge in [0, 0.05) is 30.0 Å². The third-order valence-electron chi connectivity index (χ3n) is 7.19. The minimum absolute atomic E-state index is 0.00640. The average molecular weight is 615 g/mol. The van der Waals surface area contributed by atoms with Crippen molar-refractivity contribution in [3.8, 4) is 17.2 Å². The van der Waals surface area contributed by atoms with Crippen LogP contribution in [0.15, 0.2) is 42.7 Å². The average Bonchev–Trinajstić information content (AvgIpc) is 2.91. The highest BCUT2D eigenvalue weighted by Crippen LogP contribution is 2.43. The third kappa shape index (κ3) is 7.63. The molecule has 42 heavy (non-hydrogen) atoms. The maximum atomic E-state index is 14.9. The van der Waals surface area contributed by atoms with Gasteiger partial charge in [-0.25, -0.2) is 13.2 Å². The molecular weight excluding hydrogens is 587 g/mol.